The van der Waals surface area contributed by atoms with Crippen LogP contribution in [0, 0.1) is 30.9 Å². The molecule has 0 spiro atoms. The summed E-state index contributed by atoms with van der Waals surface area (Å²) in [4.78, 5) is 23.4. The number of hydrogen-bond acceptors (Lipinski definition) is 4. The van der Waals surface area contributed by atoms with Crippen LogP contribution in [0.5, 0.6) is 0 Å². The van der Waals surface area contributed by atoms with Crippen LogP contribution in [0.1, 0.15) is 32.9 Å². The van der Waals surface area contributed by atoms with E-state index in [1.165, 1.54) is 12.1 Å². The Morgan fingerprint density at radius 2 is 1.81 bits per heavy atom. The molecule has 3 rings (SSSR count). The Hall–Kier alpha value is -3.54. The number of nitro benzene ring substituents is 1. The number of ketones is 1. The van der Waals surface area contributed by atoms with E-state index in [-0.39, 0.29) is 11.5 Å². The number of carbonyl (C=O) groups is 1. The molecule has 27 heavy (non-hydrogen) atoms. The monoisotopic (exact) mass is 361 g/mol. The first-order chi connectivity index (χ1) is 12.9. The predicted molar refractivity (Wildman–Crippen MR) is 104 cm³/mol. The Kier molecular flexibility index (Phi) is 4.98. The molecule has 0 atom stereocenters. The van der Waals surface area contributed by atoms with Gasteiger partial charge in [0, 0.05) is 11.6 Å². The van der Waals surface area contributed by atoms with E-state index in [0.29, 0.717) is 22.4 Å². The number of nitrogens with zero attached hydrogens (tertiary/aromatic N) is 3. The summed E-state index contributed by atoms with van der Waals surface area (Å²) in [7, 11) is 0. The fourth-order valence-electron chi connectivity index (χ4n) is 3.00. The van der Waals surface area contributed by atoms with E-state index in [4.69, 9.17) is 0 Å². The summed E-state index contributed by atoms with van der Waals surface area (Å²) < 4.78 is 1.74. The SMILES string of the molecule is Cc1ccc(C=CC(=O)c2c(C)nn(-c3ccccc3)c2C)cc1[N+](=O)[O-]. The number of rotatable bonds is 5. The summed E-state index contributed by atoms with van der Waals surface area (Å²) in [6.07, 6.45) is 3.02. The number of hydrogen-bond donors (Lipinski definition) is 0. The van der Waals surface area contributed by atoms with Crippen LogP contribution in [0.4, 0.5) is 5.69 Å². The third-order valence-corrected chi connectivity index (χ3v) is 4.40. The van der Waals surface area contributed by atoms with Crippen molar-refractivity contribution in [2.75, 3.05) is 0 Å². The first-order valence-electron chi connectivity index (χ1n) is 8.47. The number of carbonyl (C=O) groups excluding carboxylic acids is 1. The standard InChI is InChI=1S/C21H19N3O3/c1-14-9-10-17(13-19(14)24(26)27)11-12-20(25)21-15(2)22-23(16(21)3)18-7-5-4-6-8-18/h4-13H,1-3H3. The molecule has 0 amide bonds. The molecule has 0 fully saturated rings. The molecule has 0 aliphatic carbocycles. The van der Waals surface area contributed by atoms with Gasteiger partial charge < -0.3 is 0 Å². The molecule has 3 aromatic rings. The molecular formula is C21H19N3O3. The van der Waals surface area contributed by atoms with Gasteiger partial charge >= 0.3 is 0 Å². The maximum Gasteiger partial charge on any atom is 0.272 e. The van der Waals surface area contributed by atoms with Gasteiger partial charge in [0.2, 0.25) is 0 Å². The zero-order chi connectivity index (χ0) is 19.6. The van der Waals surface area contributed by atoms with Gasteiger partial charge in [-0.05, 0) is 44.5 Å². The largest absolute Gasteiger partial charge is 0.289 e. The Morgan fingerprint density at radius 1 is 1.11 bits per heavy atom. The number of nitro groups is 1. The minimum atomic E-state index is -0.424. The van der Waals surface area contributed by atoms with Gasteiger partial charge in [-0.2, -0.15) is 5.10 Å². The fourth-order valence-corrected chi connectivity index (χ4v) is 3.00. The van der Waals surface area contributed by atoms with E-state index >= 15 is 0 Å². The second-order valence-corrected chi connectivity index (χ2v) is 6.29. The number of aryl methyl sites for hydroxylation is 2. The zero-order valence-corrected chi connectivity index (χ0v) is 15.3. The van der Waals surface area contributed by atoms with Crippen LogP contribution in [-0.4, -0.2) is 20.5 Å². The van der Waals surface area contributed by atoms with Crippen LogP contribution >= 0.6 is 0 Å². The second-order valence-electron chi connectivity index (χ2n) is 6.29. The van der Waals surface area contributed by atoms with Gasteiger partial charge in [-0.15, -0.1) is 0 Å². The van der Waals surface area contributed by atoms with Crippen LogP contribution in [-0.2, 0) is 0 Å². The highest BCUT2D eigenvalue weighted by atomic mass is 16.6. The molecule has 0 saturated heterocycles. The van der Waals surface area contributed by atoms with Crippen molar-refractivity contribution in [2.45, 2.75) is 20.8 Å². The maximum absolute atomic E-state index is 12.7. The number of benzene rings is 2. The lowest BCUT2D eigenvalue weighted by molar-refractivity contribution is -0.385. The summed E-state index contributed by atoms with van der Waals surface area (Å²) in [5, 5.41) is 15.5. The highest BCUT2D eigenvalue weighted by molar-refractivity contribution is 6.08. The van der Waals surface area contributed by atoms with E-state index in [9.17, 15) is 14.9 Å². The van der Waals surface area contributed by atoms with E-state index in [1.807, 2.05) is 37.3 Å². The van der Waals surface area contributed by atoms with Crippen molar-refractivity contribution < 1.29 is 9.72 Å². The van der Waals surface area contributed by atoms with Gasteiger partial charge in [0.1, 0.15) is 0 Å². The average molecular weight is 361 g/mol. The number of aromatic nitrogens is 2. The Morgan fingerprint density at radius 3 is 2.48 bits per heavy atom. The molecule has 0 aliphatic heterocycles. The molecule has 0 radical (unpaired) electrons. The summed E-state index contributed by atoms with van der Waals surface area (Å²) >= 11 is 0. The summed E-state index contributed by atoms with van der Waals surface area (Å²) in [5.74, 6) is -0.185. The number of allylic oxidation sites excluding steroid dienone is 1. The molecule has 0 aliphatic rings. The Labute approximate surface area is 156 Å². The molecule has 0 N–H and O–H groups in total. The minimum absolute atomic E-state index is 0.0360. The van der Waals surface area contributed by atoms with E-state index < -0.39 is 4.92 Å². The van der Waals surface area contributed by atoms with Gasteiger partial charge in [0.15, 0.2) is 5.78 Å². The van der Waals surface area contributed by atoms with Crippen molar-refractivity contribution >= 4 is 17.5 Å². The van der Waals surface area contributed by atoms with Gasteiger partial charge in [-0.3, -0.25) is 14.9 Å². The molecule has 136 valence electrons. The Balaban J connectivity index is 1.91. The van der Waals surface area contributed by atoms with Crippen molar-refractivity contribution in [1.82, 2.24) is 9.78 Å². The third kappa shape index (κ3) is 3.69. The summed E-state index contributed by atoms with van der Waals surface area (Å²) in [6, 6.07) is 14.5. The van der Waals surface area contributed by atoms with Crippen LogP contribution in [0.15, 0.2) is 54.6 Å². The molecule has 0 bridgehead atoms. The van der Waals surface area contributed by atoms with Crippen molar-refractivity contribution in [3.8, 4) is 5.69 Å². The van der Waals surface area contributed by atoms with E-state index in [2.05, 4.69) is 5.10 Å². The molecule has 1 heterocycles. The highest BCUT2D eigenvalue weighted by Gasteiger charge is 2.17. The molecular weight excluding hydrogens is 342 g/mol. The third-order valence-electron chi connectivity index (χ3n) is 4.40. The molecule has 2 aromatic carbocycles. The van der Waals surface area contributed by atoms with Crippen molar-refractivity contribution in [2.24, 2.45) is 0 Å². The minimum Gasteiger partial charge on any atom is -0.289 e. The molecule has 1 aromatic heterocycles. The van der Waals surface area contributed by atoms with Crippen LogP contribution in [0.3, 0.4) is 0 Å². The molecule has 0 saturated carbocycles. The van der Waals surface area contributed by atoms with Gasteiger partial charge in [0.05, 0.1) is 27.6 Å². The highest BCUT2D eigenvalue weighted by Crippen LogP contribution is 2.22. The lowest BCUT2D eigenvalue weighted by atomic mass is 10.1. The van der Waals surface area contributed by atoms with Gasteiger partial charge in [0.25, 0.3) is 5.69 Å². The van der Waals surface area contributed by atoms with Crippen LogP contribution in [0.25, 0.3) is 11.8 Å². The predicted octanol–water partition coefficient (Wildman–Crippen LogP) is 4.60. The van der Waals surface area contributed by atoms with E-state index in [1.54, 1.807) is 36.7 Å². The van der Waals surface area contributed by atoms with Crippen molar-refractivity contribution in [1.29, 1.82) is 0 Å². The summed E-state index contributed by atoms with van der Waals surface area (Å²) in [6.45, 7) is 5.33. The van der Waals surface area contributed by atoms with Crippen molar-refractivity contribution in [3.63, 3.8) is 0 Å². The topological polar surface area (TPSA) is 78.0 Å². The Bertz CT molecular complexity index is 1050. The average Bonchev–Trinajstić information content (AvgIpc) is 2.95. The fraction of sp³-hybridized carbons (Fsp3) is 0.143. The normalized spacial score (nSPS) is 11.1. The number of para-hydroxylation sites is 1. The van der Waals surface area contributed by atoms with Gasteiger partial charge in [-0.25, -0.2) is 4.68 Å². The van der Waals surface area contributed by atoms with Crippen molar-refractivity contribution in [3.05, 3.63) is 92.8 Å². The second kappa shape index (κ2) is 7.37. The molecule has 0 unspecified atom stereocenters. The van der Waals surface area contributed by atoms with Crippen LogP contribution in [0.2, 0.25) is 0 Å². The van der Waals surface area contributed by atoms with E-state index in [0.717, 1.165) is 11.4 Å². The lowest BCUT2D eigenvalue weighted by Gasteiger charge is -2.04. The smallest absolute Gasteiger partial charge is 0.272 e. The molecule has 6 nitrogen and oxygen atoms in total. The quantitative estimate of drug-likeness (QED) is 0.288. The first-order valence-corrected chi connectivity index (χ1v) is 8.47. The van der Waals surface area contributed by atoms with Crippen LogP contribution < -0.4 is 0 Å². The van der Waals surface area contributed by atoms with Gasteiger partial charge in [-0.1, -0.05) is 36.4 Å². The summed E-state index contributed by atoms with van der Waals surface area (Å²) in [5.41, 5.74) is 4.04. The molecule has 6 heteroatoms. The first kappa shape index (κ1) is 18.3. The maximum atomic E-state index is 12.7. The zero-order valence-electron chi connectivity index (χ0n) is 15.3. The lowest BCUT2D eigenvalue weighted by Crippen LogP contribution is -2.01.